The molecule has 0 atom stereocenters. The summed E-state index contributed by atoms with van der Waals surface area (Å²) in [5.41, 5.74) is 4.96. The molecule has 0 aliphatic carbocycles. The molecule has 0 saturated carbocycles. The summed E-state index contributed by atoms with van der Waals surface area (Å²) in [5.74, 6) is -0.235. The molecule has 0 radical (unpaired) electrons. The van der Waals surface area contributed by atoms with Gasteiger partial charge in [0, 0.05) is 13.7 Å². The zero-order valence-electron chi connectivity index (χ0n) is 9.34. The maximum Gasteiger partial charge on any atom is 0.237 e. The fraction of sp³-hybridized carbons (Fsp3) is 0.900. The molecule has 0 spiro atoms. The predicted octanol–water partition coefficient (Wildman–Crippen LogP) is -0.780. The van der Waals surface area contributed by atoms with Crippen LogP contribution in [-0.4, -0.2) is 44.8 Å². The number of nitrogens with one attached hydrogen (secondary N) is 2. The third kappa shape index (κ3) is 3.44. The molecule has 15 heavy (non-hydrogen) atoms. The molecule has 0 aromatic carbocycles. The van der Waals surface area contributed by atoms with Gasteiger partial charge in [-0.3, -0.25) is 4.79 Å². The van der Waals surface area contributed by atoms with E-state index in [0.29, 0.717) is 6.61 Å². The normalized spacial score (nSPS) is 20.1. The molecule has 1 fully saturated rings. The van der Waals surface area contributed by atoms with Crippen LogP contribution >= 0.6 is 0 Å². The lowest BCUT2D eigenvalue weighted by Gasteiger charge is -2.35. The van der Waals surface area contributed by atoms with E-state index in [1.165, 1.54) is 0 Å². The Kier molecular flexibility index (Phi) is 5.01. The number of methoxy groups -OCH3 is 1. The van der Waals surface area contributed by atoms with Gasteiger partial charge in [0.1, 0.15) is 5.54 Å². The molecule has 1 aliphatic rings. The lowest BCUT2D eigenvalue weighted by Crippen LogP contribution is -2.60. The molecule has 5 heteroatoms. The summed E-state index contributed by atoms with van der Waals surface area (Å²) >= 11 is 0. The van der Waals surface area contributed by atoms with Crippen molar-refractivity contribution >= 4 is 5.91 Å². The van der Waals surface area contributed by atoms with E-state index in [4.69, 9.17) is 10.5 Å². The van der Waals surface area contributed by atoms with E-state index in [0.717, 1.165) is 38.9 Å². The highest BCUT2D eigenvalue weighted by molar-refractivity contribution is 5.84. The van der Waals surface area contributed by atoms with Gasteiger partial charge in [-0.15, -0.1) is 0 Å². The first-order chi connectivity index (χ1) is 7.21. The summed E-state index contributed by atoms with van der Waals surface area (Å²) in [5, 5.41) is 6.50. The first-order valence-electron chi connectivity index (χ1n) is 5.46. The van der Waals surface area contributed by atoms with Crippen LogP contribution in [0.1, 0.15) is 19.3 Å². The molecule has 4 N–H and O–H groups in total. The Morgan fingerprint density at radius 3 is 2.73 bits per heavy atom. The molecule has 0 bridgehead atoms. The minimum Gasteiger partial charge on any atom is -0.385 e. The Morgan fingerprint density at radius 1 is 1.53 bits per heavy atom. The van der Waals surface area contributed by atoms with E-state index >= 15 is 0 Å². The fourth-order valence-electron chi connectivity index (χ4n) is 1.91. The highest BCUT2D eigenvalue weighted by Crippen LogP contribution is 2.17. The second kappa shape index (κ2) is 6.05. The molecular weight excluding hydrogens is 194 g/mol. The second-order valence-corrected chi connectivity index (χ2v) is 3.97. The molecule has 1 saturated heterocycles. The van der Waals surface area contributed by atoms with Crippen molar-refractivity contribution in [2.24, 2.45) is 5.73 Å². The summed E-state index contributed by atoms with van der Waals surface area (Å²) in [7, 11) is 1.67. The fourth-order valence-corrected chi connectivity index (χ4v) is 1.91. The number of rotatable bonds is 6. The Labute approximate surface area is 90.7 Å². The number of nitrogens with two attached hydrogens (primary N) is 1. The van der Waals surface area contributed by atoms with Gasteiger partial charge >= 0.3 is 0 Å². The Bertz CT molecular complexity index is 203. The lowest BCUT2D eigenvalue weighted by molar-refractivity contribution is -0.125. The SMILES string of the molecule is COCCCNC1(C(N)=O)CCNCC1. The molecule has 1 heterocycles. The van der Waals surface area contributed by atoms with Gasteiger partial charge in [-0.2, -0.15) is 0 Å². The lowest BCUT2D eigenvalue weighted by atomic mass is 9.87. The number of primary amides is 1. The number of carbonyl (C=O) groups excluding carboxylic acids is 1. The van der Waals surface area contributed by atoms with Crippen LogP contribution in [0, 0.1) is 0 Å². The van der Waals surface area contributed by atoms with Gasteiger partial charge in [0.2, 0.25) is 5.91 Å². The highest BCUT2D eigenvalue weighted by atomic mass is 16.5. The van der Waals surface area contributed by atoms with E-state index in [9.17, 15) is 4.79 Å². The van der Waals surface area contributed by atoms with Gasteiger partial charge in [-0.25, -0.2) is 0 Å². The highest BCUT2D eigenvalue weighted by Gasteiger charge is 2.36. The van der Waals surface area contributed by atoms with Crippen LogP contribution in [-0.2, 0) is 9.53 Å². The zero-order chi connectivity index (χ0) is 11.1. The first kappa shape index (κ1) is 12.4. The molecule has 0 aromatic rings. The average Bonchev–Trinajstić information content (AvgIpc) is 2.26. The van der Waals surface area contributed by atoms with Crippen molar-refractivity contribution in [1.82, 2.24) is 10.6 Å². The Morgan fingerprint density at radius 2 is 2.20 bits per heavy atom. The van der Waals surface area contributed by atoms with Crippen molar-refractivity contribution in [3.05, 3.63) is 0 Å². The van der Waals surface area contributed by atoms with Gasteiger partial charge in [-0.05, 0) is 38.9 Å². The largest absolute Gasteiger partial charge is 0.385 e. The van der Waals surface area contributed by atoms with Crippen LogP contribution < -0.4 is 16.4 Å². The summed E-state index contributed by atoms with van der Waals surface area (Å²) in [4.78, 5) is 11.4. The number of ether oxygens (including phenoxy) is 1. The zero-order valence-corrected chi connectivity index (χ0v) is 9.34. The van der Waals surface area contributed by atoms with Crippen molar-refractivity contribution in [3.63, 3.8) is 0 Å². The molecule has 1 amide bonds. The Hall–Kier alpha value is -0.650. The van der Waals surface area contributed by atoms with Crippen molar-refractivity contribution < 1.29 is 9.53 Å². The van der Waals surface area contributed by atoms with Crippen molar-refractivity contribution in [3.8, 4) is 0 Å². The van der Waals surface area contributed by atoms with Gasteiger partial charge < -0.3 is 21.1 Å². The van der Waals surface area contributed by atoms with E-state index in [1.54, 1.807) is 7.11 Å². The maximum atomic E-state index is 11.4. The van der Waals surface area contributed by atoms with E-state index < -0.39 is 5.54 Å². The number of amides is 1. The molecule has 1 rings (SSSR count). The summed E-state index contributed by atoms with van der Waals surface area (Å²) < 4.78 is 4.96. The van der Waals surface area contributed by atoms with Gasteiger partial charge in [0.25, 0.3) is 0 Å². The van der Waals surface area contributed by atoms with E-state index in [-0.39, 0.29) is 5.91 Å². The third-order valence-electron chi connectivity index (χ3n) is 2.92. The quantitative estimate of drug-likeness (QED) is 0.508. The third-order valence-corrected chi connectivity index (χ3v) is 2.92. The van der Waals surface area contributed by atoms with E-state index in [2.05, 4.69) is 10.6 Å². The van der Waals surface area contributed by atoms with Gasteiger partial charge in [0.05, 0.1) is 0 Å². The smallest absolute Gasteiger partial charge is 0.237 e. The van der Waals surface area contributed by atoms with Crippen LogP contribution in [0.4, 0.5) is 0 Å². The number of piperidine rings is 1. The molecular formula is C10H21N3O2. The van der Waals surface area contributed by atoms with Crippen molar-refractivity contribution in [2.75, 3.05) is 33.4 Å². The predicted molar refractivity (Wildman–Crippen MR) is 58.5 cm³/mol. The average molecular weight is 215 g/mol. The number of carbonyl (C=O) groups is 1. The van der Waals surface area contributed by atoms with Crippen LogP contribution in [0.25, 0.3) is 0 Å². The van der Waals surface area contributed by atoms with Crippen LogP contribution in [0.15, 0.2) is 0 Å². The minimum absolute atomic E-state index is 0.235. The second-order valence-electron chi connectivity index (χ2n) is 3.97. The standard InChI is InChI=1S/C10H21N3O2/c1-15-8-2-5-13-10(9(11)14)3-6-12-7-4-10/h12-13H,2-8H2,1H3,(H2,11,14). The first-order valence-corrected chi connectivity index (χ1v) is 5.46. The molecule has 88 valence electrons. The van der Waals surface area contributed by atoms with E-state index in [1.807, 2.05) is 0 Å². The van der Waals surface area contributed by atoms with Crippen LogP contribution in [0.2, 0.25) is 0 Å². The monoisotopic (exact) mass is 215 g/mol. The molecule has 0 aromatic heterocycles. The Balaban J connectivity index is 2.39. The topological polar surface area (TPSA) is 76.4 Å². The molecule has 1 aliphatic heterocycles. The number of hydrogen-bond donors (Lipinski definition) is 3. The van der Waals surface area contributed by atoms with Crippen molar-refractivity contribution in [2.45, 2.75) is 24.8 Å². The summed E-state index contributed by atoms with van der Waals surface area (Å²) in [6.45, 7) is 3.18. The number of hydrogen-bond acceptors (Lipinski definition) is 4. The van der Waals surface area contributed by atoms with Gasteiger partial charge in [0.15, 0.2) is 0 Å². The van der Waals surface area contributed by atoms with Crippen LogP contribution in [0.3, 0.4) is 0 Å². The maximum absolute atomic E-state index is 11.4. The summed E-state index contributed by atoms with van der Waals surface area (Å²) in [6, 6.07) is 0. The minimum atomic E-state index is -0.501. The molecule has 0 unspecified atom stereocenters. The molecule has 5 nitrogen and oxygen atoms in total. The van der Waals surface area contributed by atoms with Crippen molar-refractivity contribution in [1.29, 1.82) is 0 Å². The summed E-state index contributed by atoms with van der Waals surface area (Å²) in [6.07, 6.45) is 2.45. The van der Waals surface area contributed by atoms with Crippen LogP contribution in [0.5, 0.6) is 0 Å². The van der Waals surface area contributed by atoms with Gasteiger partial charge in [-0.1, -0.05) is 0 Å².